The van der Waals surface area contributed by atoms with Gasteiger partial charge in [0.2, 0.25) is 0 Å². The van der Waals surface area contributed by atoms with E-state index in [4.69, 9.17) is 0 Å². The van der Waals surface area contributed by atoms with Crippen LogP contribution in [-0.4, -0.2) is 8.42 Å². The van der Waals surface area contributed by atoms with Crippen molar-refractivity contribution in [3.8, 4) is 0 Å². The molecule has 0 heterocycles. The lowest BCUT2D eigenvalue weighted by Gasteiger charge is -2.09. The highest BCUT2D eigenvalue weighted by Crippen LogP contribution is 2.23. The first-order valence-electron chi connectivity index (χ1n) is 5.23. The second-order valence-electron chi connectivity index (χ2n) is 3.79. The van der Waals surface area contributed by atoms with Crippen molar-refractivity contribution in [2.75, 3.05) is 4.72 Å². The fraction of sp³-hybridized carbons (Fsp3) is 0. The highest BCUT2D eigenvalue weighted by molar-refractivity contribution is 9.10. The molecule has 0 bridgehead atoms. The van der Waals surface area contributed by atoms with Crippen LogP contribution in [0.1, 0.15) is 0 Å². The Balaban J connectivity index is 2.41. The smallest absolute Gasteiger partial charge is 0.264 e. The van der Waals surface area contributed by atoms with Gasteiger partial charge in [-0.1, -0.05) is 15.9 Å². The van der Waals surface area contributed by atoms with E-state index in [1.54, 1.807) is 12.1 Å². The quantitative estimate of drug-likeness (QED) is 0.843. The van der Waals surface area contributed by atoms with Gasteiger partial charge in [-0.3, -0.25) is 4.72 Å². The molecule has 0 saturated heterocycles. The minimum atomic E-state index is -4.34. The van der Waals surface area contributed by atoms with Crippen LogP contribution in [0.3, 0.4) is 0 Å². The van der Waals surface area contributed by atoms with Crippen LogP contribution in [0, 0.1) is 17.5 Å². The molecule has 3 nitrogen and oxygen atoms in total. The van der Waals surface area contributed by atoms with Gasteiger partial charge in [-0.2, -0.15) is 0 Å². The number of benzene rings is 2. The number of halogens is 4. The van der Waals surface area contributed by atoms with E-state index in [0.29, 0.717) is 12.1 Å². The first-order chi connectivity index (χ1) is 9.31. The number of sulfonamides is 1. The first kappa shape index (κ1) is 14.9. The summed E-state index contributed by atoms with van der Waals surface area (Å²) in [6.45, 7) is 0. The van der Waals surface area contributed by atoms with E-state index in [-0.39, 0.29) is 5.69 Å². The topological polar surface area (TPSA) is 46.2 Å². The molecule has 0 aliphatic heterocycles. The molecule has 2 aromatic rings. The monoisotopic (exact) mass is 365 g/mol. The van der Waals surface area contributed by atoms with Gasteiger partial charge < -0.3 is 0 Å². The highest BCUT2D eigenvalue weighted by Gasteiger charge is 2.24. The van der Waals surface area contributed by atoms with Crippen LogP contribution in [0.15, 0.2) is 45.8 Å². The lowest BCUT2D eigenvalue weighted by atomic mass is 10.3. The molecule has 0 amide bonds. The van der Waals surface area contributed by atoms with Gasteiger partial charge in [0.25, 0.3) is 10.0 Å². The Morgan fingerprint density at radius 2 is 1.50 bits per heavy atom. The number of anilines is 1. The number of hydrogen-bond donors (Lipinski definition) is 1. The zero-order chi connectivity index (χ0) is 14.9. The second-order valence-corrected chi connectivity index (χ2v) is 6.35. The van der Waals surface area contributed by atoms with Gasteiger partial charge in [0, 0.05) is 10.2 Å². The van der Waals surface area contributed by atoms with E-state index in [9.17, 15) is 21.6 Å². The van der Waals surface area contributed by atoms with E-state index < -0.39 is 32.4 Å². The van der Waals surface area contributed by atoms with Crippen molar-refractivity contribution in [1.82, 2.24) is 0 Å². The van der Waals surface area contributed by atoms with Crippen LogP contribution in [-0.2, 0) is 10.0 Å². The molecule has 2 aromatic carbocycles. The summed E-state index contributed by atoms with van der Waals surface area (Å²) in [4.78, 5) is -0.959. The molecule has 2 rings (SSSR count). The van der Waals surface area contributed by atoms with Gasteiger partial charge >= 0.3 is 0 Å². The van der Waals surface area contributed by atoms with E-state index >= 15 is 0 Å². The Morgan fingerprint density at radius 1 is 0.900 bits per heavy atom. The summed E-state index contributed by atoms with van der Waals surface area (Å²) in [5, 5.41) is 0. The van der Waals surface area contributed by atoms with E-state index in [1.807, 2.05) is 0 Å². The van der Waals surface area contributed by atoms with Crippen LogP contribution < -0.4 is 4.72 Å². The molecular weight excluding hydrogens is 359 g/mol. The molecule has 0 radical (unpaired) electrons. The van der Waals surface area contributed by atoms with Crippen molar-refractivity contribution in [3.05, 3.63) is 58.3 Å². The molecule has 0 aliphatic rings. The Kier molecular flexibility index (Phi) is 4.05. The molecule has 0 fully saturated rings. The third-order valence-corrected chi connectivity index (χ3v) is 4.31. The molecule has 0 spiro atoms. The fourth-order valence-electron chi connectivity index (χ4n) is 1.44. The lowest BCUT2D eigenvalue weighted by Crippen LogP contribution is -2.15. The molecule has 20 heavy (non-hydrogen) atoms. The van der Waals surface area contributed by atoms with E-state index in [1.165, 1.54) is 12.1 Å². The summed E-state index contributed by atoms with van der Waals surface area (Å²) in [5.41, 5.74) is 0.164. The van der Waals surface area contributed by atoms with E-state index in [2.05, 4.69) is 20.7 Å². The summed E-state index contributed by atoms with van der Waals surface area (Å²) in [6.07, 6.45) is 0. The molecule has 0 unspecified atom stereocenters. The van der Waals surface area contributed by atoms with Crippen LogP contribution in [0.5, 0.6) is 0 Å². The van der Waals surface area contributed by atoms with Crippen molar-refractivity contribution in [1.29, 1.82) is 0 Å². The third kappa shape index (κ3) is 2.96. The van der Waals surface area contributed by atoms with Gasteiger partial charge in [-0.15, -0.1) is 0 Å². The van der Waals surface area contributed by atoms with Crippen LogP contribution in [0.2, 0.25) is 0 Å². The standard InChI is InChI=1S/C12H7BrF3NO2S/c13-7-1-3-8(4-2-7)17-20(18,19)10-6-5-9(14)11(15)12(10)16/h1-6,17H. The Hall–Kier alpha value is -1.54. The van der Waals surface area contributed by atoms with Gasteiger partial charge in [0.05, 0.1) is 0 Å². The molecule has 1 N–H and O–H groups in total. The summed E-state index contributed by atoms with van der Waals surface area (Å²) < 4.78 is 66.0. The van der Waals surface area contributed by atoms with Crippen molar-refractivity contribution < 1.29 is 21.6 Å². The van der Waals surface area contributed by atoms with Gasteiger partial charge in [0.1, 0.15) is 4.90 Å². The summed E-state index contributed by atoms with van der Waals surface area (Å²) in [5.74, 6) is -5.04. The lowest BCUT2D eigenvalue weighted by molar-refractivity contribution is 0.432. The zero-order valence-electron chi connectivity index (χ0n) is 9.70. The minimum absolute atomic E-state index is 0.164. The number of rotatable bonds is 3. The van der Waals surface area contributed by atoms with E-state index in [0.717, 1.165) is 4.47 Å². The van der Waals surface area contributed by atoms with Crippen molar-refractivity contribution >= 4 is 31.6 Å². The molecular formula is C12H7BrF3NO2S. The molecule has 106 valence electrons. The molecule has 0 saturated carbocycles. The fourth-order valence-corrected chi connectivity index (χ4v) is 2.84. The van der Waals surface area contributed by atoms with Gasteiger partial charge in [-0.25, -0.2) is 21.6 Å². The molecule has 0 atom stereocenters. The second kappa shape index (κ2) is 5.45. The third-order valence-electron chi connectivity index (χ3n) is 2.39. The Bertz CT molecular complexity index is 748. The van der Waals surface area contributed by atoms with Crippen LogP contribution in [0.25, 0.3) is 0 Å². The number of hydrogen-bond acceptors (Lipinski definition) is 2. The van der Waals surface area contributed by atoms with Gasteiger partial charge in [0.15, 0.2) is 17.5 Å². The highest BCUT2D eigenvalue weighted by atomic mass is 79.9. The Labute approximate surface area is 121 Å². The average molecular weight is 366 g/mol. The SMILES string of the molecule is O=S(=O)(Nc1ccc(Br)cc1)c1ccc(F)c(F)c1F. The maximum Gasteiger partial charge on any atom is 0.264 e. The molecule has 8 heteroatoms. The minimum Gasteiger partial charge on any atom is -0.280 e. The first-order valence-corrected chi connectivity index (χ1v) is 7.51. The van der Waals surface area contributed by atoms with Crippen LogP contribution >= 0.6 is 15.9 Å². The van der Waals surface area contributed by atoms with Crippen LogP contribution in [0.4, 0.5) is 18.9 Å². The van der Waals surface area contributed by atoms with Gasteiger partial charge in [-0.05, 0) is 36.4 Å². The summed E-state index contributed by atoms with van der Waals surface area (Å²) in [7, 11) is -4.34. The summed E-state index contributed by atoms with van der Waals surface area (Å²) >= 11 is 3.17. The maximum atomic E-state index is 13.5. The normalized spacial score (nSPS) is 11.4. The van der Waals surface area contributed by atoms with Crippen molar-refractivity contribution in [2.45, 2.75) is 4.90 Å². The molecule has 0 aromatic heterocycles. The predicted molar refractivity (Wildman–Crippen MR) is 71.3 cm³/mol. The largest absolute Gasteiger partial charge is 0.280 e. The molecule has 0 aliphatic carbocycles. The predicted octanol–water partition coefficient (Wildman–Crippen LogP) is 3.67. The summed E-state index contributed by atoms with van der Waals surface area (Å²) in [6, 6.07) is 7.21. The Morgan fingerprint density at radius 3 is 2.10 bits per heavy atom. The maximum absolute atomic E-state index is 13.5. The average Bonchev–Trinajstić information content (AvgIpc) is 2.38. The van der Waals surface area contributed by atoms with Crippen molar-refractivity contribution in [3.63, 3.8) is 0 Å². The number of nitrogens with one attached hydrogen (secondary N) is 1. The van der Waals surface area contributed by atoms with Crippen molar-refractivity contribution in [2.24, 2.45) is 0 Å². The zero-order valence-corrected chi connectivity index (χ0v) is 12.1.